The van der Waals surface area contributed by atoms with Crippen molar-refractivity contribution in [3.8, 4) is 0 Å². The molecule has 1 aliphatic rings. The van der Waals surface area contributed by atoms with Crippen molar-refractivity contribution in [3.63, 3.8) is 0 Å². The van der Waals surface area contributed by atoms with Gasteiger partial charge in [0.2, 0.25) is 0 Å². The Hall–Kier alpha value is -0.870. The molecule has 0 saturated heterocycles. The van der Waals surface area contributed by atoms with Crippen LogP contribution in [0.25, 0.3) is 0 Å². The molecular weight excluding hydrogens is 270 g/mol. The minimum Gasteiger partial charge on any atom is -0.477 e. The van der Waals surface area contributed by atoms with Crippen LogP contribution in [0.15, 0.2) is 11.4 Å². The van der Waals surface area contributed by atoms with Crippen LogP contribution < -0.4 is 5.32 Å². The average molecular weight is 295 g/mol. The average Bonchev–Trinajstić information content (AvgIpc) is 2.69. The van der Waals surface area contributed by atoms with Gasteiger partial charge in [0.05, 0.1) is 0 Å². The SMILES string of the molecule is CC1(C)CC(NCc2ccsc2C(=O)O)CC(C)(C)C1. The fourth-order valence-corrected chi connectivity index (χ4v) is 4.67. The lowest BCUT2D eigenvalue weighted by atomic mass is 9.63. The molecule has 0 spiro atoms. The van der Waals surface area contributed by atoms with Crippen molar-refractivity contribution in [3.05, 3.63) is 21.9 Å². The Morgan fingerprint density at radius 3 is 2.50 bits per heavy atom. The van der Waals surface area contributed by atoms with Crippen molar-refractivity contribution in [2.24, 2.45) is 10.8 Å². The van der Waals surface area contributed by atoms with Gasteiger partial charge in [0.25, 0.3) is 0 Å². The zero-order valence-corrected chi connectivity index (χ0v) is 13.6. The van der Waals surface area contributed by atoms with Crippen molar-refractivity contribution < 1.29 is 9.90 Å². The van der Waals surface area contributed by atoms with E-state index in [2.05, 4.69) is 33.0 Å². The largest absolute Gasteiger partial charge is 0.477 e. The third kappa shape index (κ3) is 3.83. The van der Waals surface area contributed by atoms with E-state index in [1.54, 1.807) is 0 Å². The molecule has 0 aromatic carbocycles. The molecule has 2 N–H and O–H groups in total. The number of nitrogens with one attached hydrogen (secondary N) is 1. The maximum Gasteiger partial charge on any atom is 0.346 e. The van der Waals surface area contributed by atoms with E-state index in [0.29, 0.717) is 28.3 Å². The number of carbonyl (C=O) groups is 1. The van der Waals surface area contributed by atoms with Crippen LogP contribution in [0.2, 0.25) is 0 Å². The van der Waals surface area contributed by atoms with E-state index >= 15 is 0 Å². The Bertz CT molecular complexity index is 474. The van der Waals surface area contributed by atoms with Crippen molar-refractivity contribution in [2.45, 2.75) is 59.5 Å². The monoisotopic (exact) mass is 295 g/mol. The normalized spacial score (nSPS) is 21.8. The Balaban J connectivity index is 2.00. The van der Waals surface area contributed by atoms with Gasteiger partial charge in [-0.2, -0.15) is 0 Å². The highest BCUT2D eigenvalue weighted by molar-refractivity contribution is 7.12. The number of hydrogen-bond acceptors (Lipinski definition) is 3. The molecule has 0 atom stereocenters. The predicted molar refractivity (Wildman–Crippen MR) is 83.3 cm³/mol. The Kier molecular flexibility index (Phi) is 4.26. The van der Waals surface area contributed by atoms with E-state index < -0.39 is 5.97 Å². The fraction of sp³-hybridized carbons (Fsp3) is 0.688. The smallest absolute Gasteiger partial charge is 0.346 e. The molecule has 20 heavy (non-hydrogen) atoms. The Morgan fingerprint density at radius 1 is 1.35 bits per heavy atom. The van der Waals surface area contributed by atoms with Crippen LogP contribution in [0.1, 0.15) is 62.2 Å². The lowest BCUT2D eigenvalue weighted by Gasteiger charge is -2.45. The van der Waals surface area contributed by atoms with Gasteiger partial charge in [-0.25, -0.2) is 4.79 Å². The Morgan fingerprint density at radius 2 is 1.95 bits per heavy atom. The van der Waals surface area contributed by atoms with Gasteiger partial charge in [0, 0.05) is 12.6 Å². The van der Waals surface area contributed by atoms with E-state index in [1.807, 2.05) is 11.4 Å². The highest BCUT2D eigenvalue weighted by Gasteiger charge is 2.38. The third-order valence-corrected chi connectivity index (χ3v) is 5.02. The summed E-state index contributed by atoms with van der Waals surface area (Å²) in [4.78, 5) is 11.6. The molecule has 0 amide bonds. The fourth-order valence-electron chi connectivity index (χ4n) is 3.91. The second kappa shape index (κ2) is 5.49. The number of rotatable bonds is 4. The second-order valence-electron chi connectivity index (χ2n) is 7.57. The number of carboxylic acid groups (broad SMARTS) is 1. The summed E-state index contributed by atoms with van der Waals surface area (Å²) in [5.41, 5.74) is 1.61. The molecule has 0 aliphatic heterocycles. The minimum absolute atomic E-state index is 0.351. The van der Waals surface area contributed by atoms with Gasteiger partial charge in [0.15, 0.2) is 0 Å². The number of hydrogen-bond donors (Lipinski definition) is 2. The lowest BCUT2D eigenvalue weighted by molar-refractivity contribution is 0.0698. The first kappa shape index (κ1) is 15.5. The first-order valence-electron chi connectivity index (χ1n) is 7.22. The van der Waals surface area contributed by atoms with Gasteiger partial charge in [0.1, 0.15) is 4.88 Å². The summed E-state index contributed by atoms with van der Waals surface area (Å²) in [6.45, 7) is 9.97. The van der Waals surface area contributed by atoms with Crippen LogP contribution in [0.5, 0.6) is 0 Å². The molecule has 0 unspecified atom stereocenters. The van der Waals surface area contributed by atoms with Crippen LogP contribution in [0.4, 0.5) is 0 Å². The van der Waals surface area contributed by atoms with E-state index in [9.17, 15) is 4.79 Å². The summed E-state index contributed by atoms with van der Waals surface area (Å²) in [7, 11) is 0. The van der Waals surface area contributed by atoms with Crippen LogP contribution in [-0.2, 0) is 6.54 Å². The zero-order valence-electron chi connectivity index (χ0n) is 12.8. The quantitative estimate of drug-likeness (QED) is 0.877. The van der Waals surface area contributed by atoms with E-state index in [-0.39, 0.29) is 0 Å². The maximum atomic E-state index is 11.1. The van der Waals surface area contributed by atoms with Gasteiger partial charge >= 0.3 is 5.97 Å². The minimum atomic E-state index is -0.818. The van der Waals surface area contributed by atoms with Crippen molar-refractivity contribution in [1.29, 1.82) is 0 Å². The molecule has 1 aromatic heterocycles. The van der Waals surface area contributed by atoms with Crippen molar-refractivity contribution in [2.75, 3.05) is 0 Å². The zero-order chi connectivity index (χ0) is 15.0. The van der Waals surface area contributed by atoms with Gasteiger partial charge in [-0.15, -0.1) is 11.3 Å². The molecule has 1 saturated carbocycles. The number of carboxylic acids is 1. The van der Waals surface area contributed by atoms with Gasteiger partial charge < -0.3 is 10.4 Å². The molecule has 1 fully saturated rings. The van der Waals surface area contributed by atoms with Crippen LogP contribution in [0.3, 0.4) is 0 Å². The first-order chi connectivity index (χ1) is 9.19. The molecule has 3 nitrogen and oxygen atoms in total. The molecule has 1 aliphatic carbocycles. The summed E-state index contributed by atoms with van der Waals surface area (Å²) in [6.07, 6.45) is 3.56. The molecule has 1 aromatic rings. The predicted octanol–water partition coefficient (Wildman–Crippen LogP) is 4.14. The van der Waals surface area contributed by atoms with Crippen molar-refractivity contribution >= 4 is 17.3 Å². The van der Waals surface area contributed by atoms with Crippen LogP contribution in [0, 0.1) is 10.8 Å². The Labute approximate surface area is 125 Å². The van der Waals surface area contributed by atoms with Crippen molar-refractivity contribution in [1.82, 2.24) is 5.32 Å². The lowest BCUT2D eigenvalue weighted by Crippen LogP contribution is -2.43. The summed E-state index contributed by atoms with van der Waals surface area (Å²) in [6, 6.07) is 2.38. The van der Waals surface area contributed by atoms with Crippen LogP contribution in [-0.4, -0.2) is 17.1 Å². The molecule has 2 rings (SSSR count). The first-order valence-corrected chi connectivity index (χ1v) is 8.10. The third-order valence-electron chi connectivity index (χ3n) is 4.08. The summed E-state index contributed by atoms with van der Waals surface area (Å²) < 4.78 is 0. The summed E-state index contributed by atoms with van der Waals surface area (Å²) >= 11 is 1.30. The van der Waals surface area contributed by atoms with E-state index in [4.69, 9.17) is 5.11 Å². The number of thiophene rings is 1. The molecule has 112 valence electrons. The molecule has 4 heteroatoms. The van der Waals surface area contributed by atoms with Crippen LogP contribution >= 0.6 is 11.3 Å². The van der Waals surface area contributed by atoms with Gasteiger partial charge in [-0.05, 0) is 47.1 Å². The summed E-state index contributed by atoms with van der Waals surface area (Å²) in [5, 5.41) is 14.6. The molecule has 0 bridgehead atoms. The van der Waals surface area contributed by atoms with Gasteiger partial charge in [-0.3, -0.25) is 0 Å². The molecular formula is C16H25NO2S. The number of aromatic carboxylic acids is 1. The standard InChI is InChI=1S/C16H25NO2S/c1-15(2)7-12(8-16(3,4)10-15)17-9-11-5-6-20-13(11)14(18)19/h5-6,12,17H,7-10H2,1-4H3,(H,18,19). The second-order valence-corrected chi connectivity index (χ2v) is 8.49. The van der Waals surface area contributed by atoms with Gasteiger partial charge in [-0.1, -0.05) is 27.7 Å². The van der Waals surface area contributed by atoms with E-state index in [1.165, 1.54) is 17.8 Å². The topological polar surface area (TPSA) is 49.3 Å². The maximum absolute atomic E-state index is 11.1. The van der Waals surface area contributed by atoms with E-state index in [0.717, 1.165) is 18.4 Å². The molecule has 0 radical (unpaired) electrons. The highest BCUT2D eigenvalue weighted by atomic mass is 32.1. The summed E-state index contributed by atoms with van der Waals surface area (Å²) in [5.74, 6) is -0.818. The highest BCUT2D eigenvalue weighted by Crippen LogP contribution is 2.45. The molecule has 1 heterocycles.